The summed E-state index contributed by atoms with van der Waals surface area (Å²) in [6.45, 7) is 5.30. The van der Waals surface area contributed by atoms with Crippen molar-refractivity contribution in [3.05, 3.63) is 83.5 Å². The van der Waals surface area contributed by atoms with Crippen LogP contribution in [0, 0.1) is 12.7 Å². The molecule has 34 heavy (non-hydrogen) atoms. The molecule has 0 aliphatic heterocycles. The van der Waals surface area contributed by atoms with Crippen LogP contribution < -0.4 is 16.0 Å². The summed E-state index contributed by atoms with van der Waals surface area (Å²) < 4.78 is 16.6. The van der Waals surface area contributed by atoms with Crippen LogP contribution in [0.3, 0.4) is 0 Å². The lowest BCUT2D eigenvalue weighted by atomic mass is 10.0. The smallest absolute Gasteiger partial charge is 0.247 e. The van der Waals surface area contributed by atoms with Crippen LogP contribution in [0.2, 0.25) is 0 Å². The number of anilines is 5. The lowest BCUT2D eigenvalue weighted by Crippen LogP contribution is -2.08. The largest absolute Gasteiger partial charge is 0.339 e. The number of aromatic nitrogens is 4. The van der Waals surface area contributed by atoms with E-state index in [1.54, 1.807) is 35.4 Å². The van der Waals surface area contributed by atoms with Gasteiger partial charge < -0.3 is 16.0 Å². The number of hydrogen-bond acceptors (Lipinski definition) is 6. The highest BCUT2D eigenvalue weighted by Gasteiger charge is 2.13. The Morgan fingerprint density at radius 2 is 1.88 bits per heavy atom. The first kappa shape index (κ1) is 23.1. The second-order valence-corrected chi connectivity index (χ2v) is 8.46. The Hall–Kier alpha value is -4.05. The number of carbonyl (C=O) groups excluding carboxylic acids is 1. The van der Waals surface area contributed by atoms with Gasteiger partial charge in [-0.1, -0.05) is 28.6 Å². The average molecular weight is 522 g/mol. The van der Waals surface area contributed by atoms with Crippen LogP contribution in [-0.4, -0.2) is 25.7 Å². The van der Waals surface area contributed by atoms with Crippen LogP contribution in [0.4, 0.5) is 33.2 Å². The number of rotatable bonds is 7. The first-order valence-electron chi connectivity index (χ1n) is 10.2. The highest BCUT2D eigenvalue weighted by Crippen LogP contribution is 2.32. The van der Waals surface area contributed by atoms with Crippen LogP contribution in [0.25, 0.3) is 11.1 Å². The van der Waals surface area contributed by atoms with Gasteiger partial charge in [-0.15, -0.1) is 0 Å². The number of nitrogens with one attached hydrogen (secondary N) is 3. The Balaban J connectivity index is 1.75. The van der Waals surface area contributed by atoms with Gasteiger partial charge in [-0.05, 0) is 54.5 Å². The third-order valence-corrected chi connectivity index (χ3v) is 5.17. The van der Waals surface area contributed by atoms with Gasteiger partial charge in [0.25, 0.3) is 0 Å². The topological polar surface area (TPSA) is 96.8 Å². The van der Waals surface area contributed by atoms with Crippen molar-refractivity contribution in [3.8, 4) is 11.1 Å². The monoisotopic (exact) mass is 521 g/mol. The molecule has 10 heteroatoms. The van der Waals surface area contributed by atoms with E-state index in [9.17, 15) is 9.18 Å². The van der Waals surface area contributed by atoms with Crippen molar-refractivity contribution in [1.82, 2.24) is 19.7 Å². The summed E-state index contributed by atoms with van der Waals surface area (Å²) in [6.07, 6.45) is 6.27. The molecule has 0 aliphatic rings. The summed E-state index contributed by atoms with van der Waals surface area (Å²) in [5.41, 5.74) is 3.94. The molecule has 3 N–H and O–H groups in total. The normalized spacial score (nSPS) is 10.6. The van der Waals surface area contributed by atoms with Crippen molar-refractivity contribution in [2.75, 3.05) is 16.0 Å². The molecule has 2 aromatic carbocycles. The maximum absolute atomic E-state index is 14.2. The van der Waals surface area contributed by atoms with Gasteiger partial charge in [-0.25, -0.2) is 9.37 Å². The van der Waals surface area contributed by atoms with Crippen molar-refractivity contribution in [3.63, 3.8) is 0 Å². The third-order valence-electron chi connectivity index (χ3n) is 4.72. The fraction of sp³-hybridized carbons (Fsp3) is 0.0833. The van der Waals surface area contributed by atoms with E-state index in [1.807, 2.05) is 26.1 Å². The minimum atomic E-state index is -0.351. The third kappa shape index (κ3) is 5.65. The van der Waals surface area contributed by atoms with E-state index in [2.05, 4.69) is 53.5 Å². The van der Waals surface area contributed by atoms with Crippen LogP contribution >= 0.6 is 15.9 Å². The number of hydrogen-bond donors (Lipinski definition) is 3. The molecule has 8 nitrogen and oxygen atoms in total. The summed E-state index contributed by atoms with van der Waals surface area (Å²) in [6, 6.07) is 10.1. The Kier molecular flexibility index (Phi) is 6.69. The van der Waals surface area contributed by atoms with Crippen molar-refractivity contribution < 1.29 is 9.18 Å². The first-order chi connectivity index (χ1) is 16.3. The molecule has 4 aromatic rings. The van der Waals surface area contributed by atoms with Crippen molar-refractivity contribution >= 4 is 50.7 Å². The quantitative estimate of drug-likeness (QED) is 0.270. The van der Waals surface area contributed by atoms with E-state index in [1.165, 1.54) is 18.2 Å². The zero-order valence-electron chi connectivity index (χ0n) is 18.4. The van der Waals surface area contributed by atoms with Gasteiger partial charge in [-0.2, -0.15) is 10.1 Å². The molecule has 1 amide bonds. The van der Waals surface area contributed by atoms with E-state index in [0.29, 0.717) is 34.3 Å². The average Bonchev–Trinajstić information content (AvgIpc) is 3.17. The summed E-state index contributed by atoms with van der Waals surface area (Å²) in [7, 11) is 1.81. The second-order valence-electron chi connectivity index (χ2n) is 7.55. The fourth-order valence-corrected chi connectivity index (χ4v) is 3.81. The number of aryl methyl sites for hydroxylation is 2. The number of carbonyl (C=O) groups is 1. The van der Waals surface area contributed by atoms with Crippen LogP contribution in [0.1, 0.15) is 5.56 Å². The molecule has 172 valence electrons. The molecule has 0 bridgehead atoms. The van der Waals surface area contributed by atoms with E-state index >= 15 is 0 Å². The predicted octanol–water partition coefficient (Wildman–Crippen LogP) is 5.70. The molecule has 0 aliphatic carbocycles. The predicted molar refractivity (Wildman–Crippen MR) is 135 cm³/mol. The Labute approximate surface area is 204 Å². The molecule has 4 rings (SSSR count). The van der Waals surface area contributed by atoms with Crippen LogP contribution in [0.5, 0.6) is 0 Å². The summed E-state index contributed by atoms with van der Waals surface area (Å²) in [5, 5.41) is 13.3. The van der Waals surface area contributed by atoms with Gasteiger partial charge in [-0.3, -0.25) is 9.48 Å². The molecule has 0 spiro atoms. The van der Waals surface area contributed by atoms with Crippen molar-refractivity contribution in [2.24, 2.45) is 7.05 Å². The first-order valence-corrected chi connectivity index (χ1v) is 11.0. The van der Waals surface area contributed by atoms with Gasteiger partial charge in [0, 0.05) is 40.9 Å². The summed E-state index contributed by atoms with van der Waals surface area (Å²) >= 11 is 3.46. The Bertz CT molecular complexity index is 1370. The van der Waals surface area contributed by atoms with E-state index in [0.717, 1.165) is 15.7 Å². The summed E-state index contributed by atoms with van der Waals surface area (Å²) in [4.78, 5) is 20.8. The fourth-order valence-electron chi connectivity index (χ4n) is 3.32. The van der Waals surface area contributed by atoms with Crippen molar-refractivity contribution in [1.29, 1.82) is 0 Å². The molecule has 0 radical (unpaired) electrons. The molecule has 0 saturated heterocycles. The lowest BCUT2D eigenvalue weighted by Gasteiger charge is -2.15. The minimum Gasteiger partial charge on any atom is -0.339 e. The SMILES string of the molecule is C=CC(=O)Nc1cc(Br)cc(Nc2nc(Nc3cnn(C)c3)ncc2-c2cc(C)cc(F)c2)c1. The molecular formula is C24H21BrFN7O. The Morgan fingerprint density at radius 3 is 2.59 bits per heavy atom. The molecule has 2 aromatic heterocycles. The molecule has 0 saturated carbocycles. The van der Waals surface area contributed by atoms with E-state index in [4.69, 9.17) is 0 Å². The van der Waals surface area contributed by atoms with Crippen LogP contribution in [-0.2, 0) is 11.8 Å². The van der Waals surface area contributed by atoms with E-state index < -0.39 is 0 Å². The minimum absolute atomic E-state index is 0.329. The maximum atomic E-state index is 14.2. The second kappa shape index (κ2) is 9.84. The molecule has 2 heterocycles. The number of nitrogens with zero attached hydrogens (tertiary/aromatic N) is 4. The lowest BCUT2D eigenvalue weighted by molar-refractivity contribution is -0.111. The molecule has 0 atom stereocenters. The van der Waals surface area contributed by atoms with Gasteiger partial charge in [0.05, 0.1) is 11.9 Å². The standard InChI is InChI=1S/C24H21BrFN7O/c1-4-22(34)29-18-8-16(25)9-19(10-18)30-23-21(15-5-14(2)6-17(26)7-15)12-27-24(32-23)31-20-11-28-33(3)13-20/h4-13H,1H2,2-3H3,(H,29,34)(H2,27,30,31,32). The molecule has 0 fully saturated rings. The number of benzene rings is 2. The van der Waals surface area contributed by atoms with Crippen molar-refractivity contribution in [2.45, 2.75) is 6.92 Å². The number of amides is 1. The van der Waals surface area contributed by atoms with Gasteiger partial charge in [0.2, 0.25) is 11.9 Å². The molecule has 0 unspecified atom stereocenters. The van der Waals surface area contributed by atoms with Gasteiger partial charge in [0.15, 0.2) is 0 Å². The van der Waals surface area contributed by atoms with Gasteiger partial charge >= 0.3 is 0 Å². The van der Waals surface area contributed by atoms with Crippen LogP contribution in [0.15, 0.2) is 72.1 Å². The highest BCUT2D eigenvalue weighted by molar-refractivity contribution is 9.10. The maximum Gasteiger partial charge on any atom is 0.247 e. The summed E-state index contributed by atoms with van der Waals surface area (Å²) in [5.74, 6) is 0.105. The number of halogens is 2. The zero-order chi connectivity index (χ0) is 24.2. The highest BCUT2D eigenvalue weighted by atomic mass is 79.9. The Morgan fingerprint density at radius 1 is 1.09 bits per heavy atom. The van der Waals surface area contributed by atoms with Gasteiger partial charge in [0.1, 0.15) is 11.6 Å². The zero-order valence-corrected chi connectivity index (χ0v) is 20.0. The molecular weight excluding hydrogens is 501 g/mol. The van der Waals surface area contributed by atoms with E-state index in [-0.39, 0.29) is 11.7 Å².